The quantitative estimate of drug-likeness (QED) is 0.506. The smallest absolute Gasteiger partial charge is 0.410 e. The van der Waals surface area contributed by atoms with Gasteiger partial charge in [0.1, 0.15) is 0 Å². The van der Waals surface area contributed by atoms with Gasteiger partial charge in [-0.05, 0) is 30.2 Å². The minimum Gasteiger partial charge on any atom is -0.481 e. The molecule has 0 radical (unpaired) electrons. The van der Waals surface area contributed by atoms with Crippen LogP contribution in [0.5, 0.6) is 0 Å². The number of alkyl carbamates (subject to hydrolysis) is 1. The van der Waals surface area contributed by atoms with Crippen molar-refractivity contribution in [3.8, 4) is 0 Å². The number of carbonyl (C=O) groups is 3. The predicted molar refractivity (Wildman–Crippen MR) is 96.2 cm³/mol. The Kier molecular flexibility index (Phi) is 8.68. The first kappa shape index (κ1) is 22.1. The van der Waals surface area contributed by atoms with Crippen molar-refractivity contribution in [1.29, 1.82) is 0 Å². The molecule has 0 aliphatic heterocycles. The fourth-order valence-corrected chi connectivity index (χ4v) is 2.32. The van der Waals surface area contributed by atoms with Crippen molar-refractivity contribution < 1.29 is 29.0 Å². The standard InChI is InChI=1S/C17H21Cl2NO6/c1-9(2)16(23)25-10(3)26-17(24)20-8-12(15(21)22)6-11-7-13(18)4-5-14(11)19/h4-5,7,9-10,12H,6,8H2,1-3H3,(H,20,24)(H,21,22)/t10-,12-/m0/s1. The van der Waals surface area contributed by atoms with Crippen LogP contribution >= 0.6 is 23.2 Å². The van der Waals surface area contributed by atoms with Crippen LogP contribution in [-0.4, -0.2) is 36.0 Å². The Hall–Kier alpha value is -1.99. The molecule has 0 unspecified atom stereocenters. The number of halogens is 2. The summed E-state index contributed by atoms with van der Waals surface area (Å²) in [4.78, 5) is 34.6. The van der Waals surface area contributed by atoms with Gasteiger partial charge in [-0.3, -0.25) is 9.59 Å². The molecule has 144 valence electrons. The second-order valence-corrected chi connectivity index (χ2v) is 6.76. The first-order chi connectivity index (χ1) is 12.1. The molecule has 1 aromatic carbocycles. The Labute approximate surface area is 161 Å². The van der Waals surface area contributed by atoms with Crippen molar-refractivity contribution in [2.45, 2.75) is 33.5 Å². The molecule has 0 saturated carbocycles. The van der Waals surface area contributed by atoms with Crippen molar-refractivity contribution in [2.75, 3.05) is 6.54 Å². The molecule has 7 nitrogen and oxygen atoms in total. The molecular formula is C17H21Cl2NO6. The number of carbonyl (C=O) groups excluding carboxylic acids is 2. The number of rotatable bonds is 8. The summed E-state index contributed by atoms with van der Waals surface area (Å²) in [5.74, 6) is -2.92. The molecule has 0 saturated heterocycles. The van der Waals surface area contributed by atoms with Crippen LogP contribution in [0, 0.1) is 11.8 Å². The van der Waals surface area contributed by atoms with E-state index in [0.29, 0.717) is 15.6 Å². The lowest BCUT2D eigenvalue weighted by Gasteiger charge is -2.18. The van der Waals surface area contributed by atoms with E-state index in [1.807, 2.05) is 0 Å². The molecule has 26 heavy (non-hydrogen) atoms. The maximum atomic E-state index is 11.7. The van der Waals surface area contributed by atoms with Crippen LogP contribution < -0.4 is 5.32 Å². The zero-order chi connectivity index (χ0) is 19.9. The molecule has 0 heterocycles. The SMILES string of the molecule is CC(C)C(=O)O[C@H](C)OC(=O)NC[C@H](Cc1cc(Cl)ccc1Cl)C(=O)O. The Morgan fingerprint density at radius 1 is 1.15 bits per heavy atom. The van der Waals surface area contributed by atoms with Gasteiger partial charge in [-0.2, -0.15) is 0 Å². The van der Waals surface area contributed by atoms with Gasteiger partial charge in [0.2, 0.25) is 6.29 Å². The minimum absolute atomic E-state index is 0.0763. The van der Waals surface area contributed by atoms with E-state index in [-0.39, 0.29) is 18.9 Å². The highest BCUT2D eigenvalue weighted by Gasteiger charge is 2.22. The molecule has 1 rings (SSSR count). The molecule has 1 amide bonds. The number of amides is 1. The number of esters is 1. The summed E-state index contributed by atoms with van der Waals surface area (Å²) in [6.07, 6.45) is -1.90. The van der Waals surface area contributed by atoms with E-state index in [4.69, 9.17) is 32.7 Å². The lowest BCUT2D eigenvalue weighted by molar-refractivity contribution is -0.168. The van der Waals surface area contributed by atoms with E-state index in [0.717, 1.165) is 0 Å². The van der Waals surface area contributed by atoms with E-state index < -0.39 is 30.2 Å². The first-order valence-electron chi connectivity index (χ1n) is 7.91. The first-order valence-corrected chi connectivity index (χ1v) is 8.67. The highest BCUT2D eigenvalue weighted by atomic mass is 35.5. The van der Waals surface area contributed by atoms with Crippen molar-refractivity contribution in [1.82, 2.24) is 5.32 Å². The molecule has 0 fully saturated rings. The maximum Gasteiger partial charge on any atom is 0.410 e. The van der Waals surface area contributed by atoms with Crippen LogP contribution in [-0.2, 0) is 25.5 Å². The number of benzene rings is 1. The Morgan fingerprint density at radius 2 is 1.81 bits per heavy atom. The molecule has 1 aromatic rings. The zero-order valence-electron chi connectivity index (χ0n) is 14.6. The number of aliphatic carboxylic acids is 1. The van der Waals surface area contributed by atoms with Crippen LogP contribution in [0.25, 0.3) is 0 Å². The fraction of sp³-hybridized carbons (Fsp3) is 0.471. The molecule has 0 spiro atoms. The molecular weight excluding hydrogens is 385 g/mol. The van der Waals surface area contributed by atoms with Gasteiger partial charge >= 0.3 is 18.0 Å². The third kappa shape index (κ3) is 7.49. The minimum atomic E-state index is -1.11. The van der Waals surface area contributed by atoms with Gasteiger partial charge in [-0.15, -0.1) is 0 Å². The van der Waals surface area contributed by atoms with E-state index >= 15 is 0 Å². The number of nitrogens with one attached hydrogen (secondary N) is 1. The molecule has 2 atom stereocenters. The third-order valence-electron chi connectivity index (χ3n) is 3.34. The molecule has 0 aliphatic carbocycles. The largest absolute Gasteiger partial charge is 0.481 e. The number of hydrogen-bond acceptors (Lipinski definition) is 5. The average Bonchev–Trinajstić information content (AvgIpc) is 2.53. The summed E-state index contributed by atoms with van der Waals surface area (Å²) in [5, 5.41) is 12.5. The predicted octanol–water partition coefficient (Wildman–Crippen LogP) is 3.51. The number of carboxylic acid groups (broad SMARTS) is 1. The number of carboxylic acids is 1. The zero-order valence-corrected chi connectivity index (χ0v) is 16.1. The third-order valence-corrected chi connectivity index (χ3v) is 3.95. The van der Waals surface area contributed by atoms with Gasteiger partial charge in [0.25, 0.3) is 0 Å². The molecule has 2 N–H and O–H groups in total. The van der Waals surface area contributed by atoms with Gasteiger partial charge in [-0.25, -0.2) is 4.79 Å². The van der Waals surface area contributed by atoms with Crippen molar-refractivity contribution >= 4 is 41.2 Å². The van der Waals surface area contributed by atoms with Gasteiger partial charge in [0.15, 0.2) is 0 Å². The summed E-state index contributed by atoms with van der Waals surface area (Å²) < 4.78 is 9.75. The topological polar surface area (TPSA) is 102 Å². The van der Waals surface area contributed by atoms with Crippen molar-refractivity contribution in [3.63, 3.8) is 0 Å². The maximum absolute atomic E-state index is 11.7. The molecule has 0 bridgehead atoms. The van der Waals surface area contributed by atoms with Gasteiger partial charge in [-0.1, -0.05) is 37.0 Å². The summed E-state index contributed by atoms with van der Waals surface area (Å²) >= 11 is 11.9. The van der Waals surface area contributed by atoms with E-state index in [1.54, 1.807) is 32.0 Å². The monoisotopic (exact) mass is 405 g/mol. The summed E-state index contributed by atoms with van der Waals surface area (Å²) in [5.41, 5.74) is 0.556. The van der Waals surface area contributed by atoms with Crippen molar-refractivity contribution in [3.05, 3.63) is 33.8 Å². The lowest BCUT2D eigenvalue weighted by Crippen LogP contribution is -2.36. The van der Waals surface area contributed by atoms with E-state index in [9.17, 15) is 19.5 Å². The van der Waals surface area contributed by atoms with Gasteiger partial charge in [0.05, 0.1) is 11.8 Å². The Balaban J connectivity index is 2.58. The fourth-order valence-electron chi connectivity index (χ4n) is 1.93. The second kappa shape index (κ2) is 10.2. The van der Waals surface area contributed by atoms with Crippen LogP contribution in [0.4, 0.5) is 4.79 Å². The van der Waals surface area contributed by atoms with Crippen LogP contribution in [0.15, 0.2) is 18.2 Å². The Morgan fingerprint density at radius 3 is 2.38 bits per heavy atom. The van der Waals surface area contributed by atoms with Crippen molar-refractivity contribution in [2.24, 2.45) is 11.8 Å². The van der Waals surface area contributed by atoms with Gasteiger partial charge in [0, 0.05) is 23.5 Å². The summed E-state index contributed by atoms with van der Waals surface area (Å²) in [6, 6.07) is 4.74. The average molecular weight is 406 g/mol. The van der Waals surface area contributed by atoms with Crippen LogP contribution in [0.3, 0.4) is 0 Å². The van der Waals surface area contributed by atoms with E-state index in [2.05, 4.69) is 5.32 Å². The lowest BCUT2D eigenvalue weighted by atomic mass is 9.99. The highest BCUT2D eigenvalue weighted by molar-refractivity contribution is 6.33. The highest BCUT2D eigenvalue weighted by Crippen LogP contribution is 2.23. The molecule has 0 aliphatic rings. The molecule has 0 aromatic heterocycles. The molecule has 9 heteroatoms. The van der Waals surface area contributed by atoms with Crippen LogP contribution in [0.2, 0.25) is 10.0 Å². The normalized spacial score (nSPS) is 13.0. The van der Waals surface area contributed by atoms with Gasteiger partial charge < -0.3 is 19.9 Å². The van der Waals surface area contributed by atoms with E-state index in [1.165, 1.54) is 6.92 Å². The summed E-state index contributed by atoms with van der Waals surface area (Å²) in [6.45, 7) is 4.49. The second-order valence-electron chi connectivity index (χ2n) is 5.92. The Bertz CT molecular complexity index is 665. The summed E-state index contributed by atoms with van der Waals surface area (Å²) in [7, 11) is 0. The van der Waals surface area contributed by atoms with Crippen LogP contribution in [0.1, 0.15) is 26.3 Å². The number of ether oxygens (including phenoxy) is 2. The number of hydrogen-bond donors (Lipinski definition) is 2.